The minimum Gasteiger partial charge on any atom is -0.147 e. The second kappa shape index (κ2) is 2.21. The average Bonchev–Trinajstić information content (AvgIpc) is 1.41. The van der Waals surface area contributed by atoms with Crippen LogP contribution >= 0.6 is 9.24 Å². The maximum atomic E-state index is 3.05. The van der Waals surface area contributed by atoms with Crippen LogP contribution in [0.25, 0.3) is 0 Å². The van der Waals surface area contributed by atoms with Gasteiger partial charge in [-0.1, -0.05) is 25.7 Å². The third-order valence-electron chi connectivity index (χ3n) is 4.99. The van der Waals surface area contributed by atoms with Gasteiger partial charge >= 0.3 is 0 Å². The molecule has 0 radical (unpaired) electrons. The van der Waals surface area contributed by atoms with Gasteiger partial charge in [-0.05, 0) is 35.5 Å². The molecule has 0 amide bonds. The van der Waals surface area contributed by atoms with E-state index in [0.717, 1.165) is 0 Å². The Morgan fingerprint density at radius 2 is 1.38 bits per heavy atom. The van der Waals surface area contributed by atoms with Crippen LogP contribution in [-0.4, -0.2) is 20.6 Å². The Morgan fingerprint density at radius 3 is 1.62 bits per heavy atom. The van der Waals surface area contributed by atoms with E-state index in [-0.39, 0.29) is 0 Å². The fraction of sp³-hybridized carbons (Fsp3) is 1.00. The minimum atomic E-state index is 0.458. The third kappa shape index (κ3) is 1.05. The molecule has 3 fully saturated rings. The van der Waals surface area contributed by atoms with Crippen molar-refractivity contribution in [1.82, 2.24) is 0 Å². The van der Waals surface area contributed by atoms with Crippen LogP contribution in [0.1, 0.15) is 40.0 Å². The van der Waals surface area contributed by atoms with Gasteiger partial charge in [0.25, 0.3) is 0 Å². The van der Waals surface area contributed by atoms with Crippen LogP contribution in [0.15, 0.2) is 0 Å². The van der Waals surface area contributed by atoms with Crippen molar-refractivity contribution in [2.45, 2.75) is 45.0 Å². The molecule has 0 heterocycles. The molecule has 3 rings (SSSR count). The largest absolute Gasteiger partial charge is 0.147 e. The molecule has 0 aromatic carbocycles. The summed E-state index contributed by atoms with van der Waals surface area (Å²) in [5.41, 5.74) is 1.93. The number of rotatable bonds is 1. The Balaban J connectivity index is 2.09. The summed E-state index contributed by atoms with van der Waals surface area (Å²) in [5.74, 6) is 0. The predicted octanol–water partition coefficient (Wildman–Crippen LogP) is 0.998. The van der Waals surface area contributed by atoms with E-state index in [1.807, 2.05) is 0 Å². The lowest BCUT2D eigenvalue weighted by atomic mass is 9.23. The number of hydrogen-bond donors (Lipinski definition) is 0. The van der Waals surface area contributed by atoms with Gasteiger partial charge in [-0.25, -0.2) is 0 Å². The van der Waals surface area contributed by atoms with Crippen LogP contribution in [0.5, 0.6) is 0 Å². The molecular weight excluding hydrogens is 173 g/mol. The van der Waals surface area contributed by atoms with Crippen molar-refractivity contribution in [3.05, 3.63) is 0 Å². The van der Waals surface area contributed by atoms with Crippen LogP contribution in [0.2, 0.25) is 0 Å². The Bertz CT molecular complexity index is 203. The van der Waals surface area contributed by atoms with Gasteiger partial charge in [0, 0.05) is 0 Å². The van der Waals surface area contributed by atoms with E-state index in [1.165, 1.54) is 19.3 Å². The highest BCUT2D eigenvalue weighted by Gasteiger charge is 2.74. The Morgan fingerprint density at radius 1 is 1.00 bits per heavy atom. The lowest BCUT2D eigenvalue weighted by Crippen LogP contribution is -2.73. The van der Waals surface area contributed by atoms with Crippen molar-refractivity contribution in [3.63, 3.8) is 0 Å². The van der Waals surface area contributed by atoms with Gasteiger partial charge in [0.2, 0.25) is 0 Å². The third-order valence-corrected chi connectivity index (χ3v) is 5.60. The monoisotopic (exact) mass is 194 g/mol. The van der Waals surface area contributed by atoms with E-state index < -0.39 is 0 Å². The van der Waals surface area contributed by atoms with Crippen LogP contribution in [-0.2, 0) is 0 Å². The summed E-state index contributed by atoms with van der Waals surface area (Å²) >= 11 is 0. The van der Waals surface area contributed by atoms with E-state index in [9.17, 15) is 0 Å². The standard InChI is InChI=1S/C10H21B2P/c1-7(2,3)8-4-9(5-8,6-8)10(11,12)13/h4-6,11-13H2,1-3H3. The van der Waals surface area contributed by atoms with Gasteiger partial charge in [-0.2, -0.15) is 0 Å². The first-order valence-corrected chi connectivity index (χ1v) is 5.99. The highest BCUT2D eigenvalue weighted by molar-refractivity contribution is 7.26. The minimum absolute atomic E-state index is 0.458. The molecule has 3 heteroatoms. The summed E-state index contributed by atoms with van der Waals surface area (Å²) in [7, 11) is 7.81. The Hall–Kier alpha value is 0.560. The van der Waals surface area contributed by atoms with Crippen molar-refractivity contribution in [1.29, 1.82) is 0 Å². The quantitative estimate of drug-likeness (QED) is 0.431. The van der Waals surface area contributed by atoms with Crippen LogP contribution in [0.4, 0.5) is 0 Å². The molecule has 2 bridgehead atoms. The summed E-state index contributed by atoms with van der Waals surface area (Å²) in [5, 5.41) is 0. The highest BCUT2D eigenvalue weighted by Crippen LogP contribution is 2.82. The molecule has 1 atom stereocenters. The molecule has 3 aliphatic rings. The van der Waals surface area contributed by atoms with E-state index in [0.29, 0.717) is 21.2 Å². The maximum absolute atomic E-state index is 3.05. The molecular formula is C10H21B2P. The highest BCUT2D eigenvalue weighted by atomic mass is 31.0. The molecule has 0 saturated heterocycles. The topological polar surface area (TPSA) is 0 Å². The van der Waals surface area contributed by atoms with Gasteiger partial charge in [0.15, 0.2) is 0 Å². The number of hydrogen-bond acceptors (Lipinski definition) is 0. The predicted molar refractivity (Wildman–Crippen MR) is 67.7 cm³/mol. The Labute approximate surface area is 86.6 Å². The van der Waals surface area contributed by atoms with Crippen LogP contribution in [0, 0.1) is 16.2 Å². The van der Waals surface area contributed by atoms with Crippen molar-refractivity contribution in [3.8, 4) is 0 Å². The van der Waals surface area contributed by atoms with Crippen molar-refractivity contribution < 1.29 is 0 Å². The fourth-order valence-electron chi connectivity index (χ4n) is 3.27. The summed E-state index contributed by atoms with van der Waals surface area (Å²) in [6.45, 7) is 7.23. The van der Waals surface area contributed by atoms with E-state index in [4.69, 9.17) is 0 Å². The molecule has 0 aromatic heterocycles. The molecule has 0 nitrogen and oxygen atoms in total. The Kier molecular flexibility index (Phi) is 1.72. The molecule has 0 N–H and O–H groups in total. The molecule has 72 valence electrons. The molecule has 1 unspecified atom stereocenters. The summed E-state index contributed by atoms with van der Waals surface area (Å²) in [4.78, 5) is 0.458. The average molecular weight is 194 g/mol. The SMILES string of the molecule is BC(B)(P)C12CC(C(C)(C)C)(C1)C2. The molecule has 3 saturated carbocycles. The second-order valence-corrected chi connectivity index (χ2v) is 8.51. The first-order chi connectivity index (χ1) is 5.62. The fourth-order valence-corrected chi connectivity index (χ4v) is 3.57. The maximum Gasteiger partial charge on any atom is 0.104 e. The second-order valence-electron chi connectivity index (χ2n) is 7.06. The smallest absolute Gasteiger partial charge is 0.104 e. The zero-order chi connectivity index (χ0) is 10.1. The first kappa shape index (κ1) is 10.1. The van der Waals surface area contributed by atoms with Crippen molar-refractivity contribution in [2.24, 2.45) is 16.2 Å². The molecule has 0 aliphatic heterocycles. The van der Waals surface area contributed by atoms with Crippen LogP contribution < -0.4 is 0 Å². The summed E-state index contributed by atoms with van der Waals surface area (Å²) in [6.07, 6.45) is 4.42. The molecule has 3 aliphatic carbocycles. The van der Waals surface area contributed by atoms with E-state index in [2.05, 4.69) is 45.7 Å². The molecule has 0 spiro atoms. The van der Waals surface area contributed by atoms with Gasteiger partial charge in [-0.3, -0.25) is 0 Å². The zero-order valence-corrected chi connectivity index (χ0v) is 10.9. The molecule has 0 aromatic rings. The van der Waals surface area contributed by atoms with Crippen LogP contribution in [0.3, 0.4) is 0 Å². The lowest BCUT2D eigenvalue weighted by molar-refractivity contribution is -0.255. The van der Waals surface area contributed by atoms with Crippen molar-refractivity contribution >= 4 is 24.9 Å². The van der Waals surface area contributed by atoms with E-state index in [1.54, 1.807) is 0 Å². The van der Waals surface area contributed by atoms with Gasteiger partial charge in [0.05, 0.1) is 0 Å². The van der Waals surface area contributed by atoms with Gasteiger partial charge in [-0.15, -0.1) is 9.24 Å². The summed E-state index contributed by atoms with van der Waals surface area (Å²) in [6, 6.07) is 0. The van der Waals surface area contributed by atoms with Gasteiger partial charge < -0.3 is 0 Å². The summed E-state index contributed by atoms with van der Waals surface area (Å²) < 4.78 is 0. The van der Waals surface area contributed by atoms with Gasteiger partial charge in [0.1, 0.15) is 15.7 Å². The first-order valence-electron chi connectivity index (χ1n) is 5.41. The van der Waals surface area contributed by atoms with E-state index >= 15 is 0 Å². The van der Waals surface area contributed by atoms with Crippen molar-refractivity contribution in [2.75, 3.05) is 0 Å². The normalized spacial score (nSPS) is 43.7. The molecule has 13 heavy (non-hydrogen) atoms. The zero-order valence-electron chi connectivity index (χ0n) is 9.70. The lowest BCUT2D eigenvalue weighted by Gasteiger charge is -2.80.